The van der Waals surface area contributed by atoms with Crippen molar-refractivity contribution in [1.29, 1.82) is 0 Å². The third-order valence-electron chi connectivity index (χ3n) is 3.67. The van der Waals surface area contributed by atoms with Gasteiger partial charge >= 0.3 is 0 Å². The van der Waals surface area contributed by atoms with Gasteiger partial charge in [-0.2, -0.15) is 5.10 Å². The van der Waals surface area contributed by atoms with Crippen molar-refractivity contribution < 1.29 is 9.59 Å². The molecule has 0 saturated heterocycles. The Kier molecular flexibility index (Phi) is 5.63. The normalized spacial score (nSPS) is 10.9. The first-order valence-electron chi connectivity index (χ1n) is 8.01. The smallest absolute Gasteiger partial charge is 0.259 e. The molecule has 1 aromatic heterocycles. The van der Waals surface area contributed by atoms with Crippen molar-refractivity contribution in [3.05, 3.63) is 81.1 Å². The summed E-state index contributed by atoms with van der Waals surface area (Å²) in [7, 11) is 0. The minimum Gasteiger partial charge on any atom is -0.343 e. The van der Waals surface area contributed by atoms with E-state index in [-0.39, 0.29) is 12.1 Å². The Morgan fingerprint density at radius 3 is 2.74 bits per heavy atom. The molecule has 0 radical (unpaired) electrons. The predicted octanol–water partition coefficient (Wildman–Crippen LogP) is 2.06. The maximum absolute atomic E-state index is 12.0. The van der Waals surface area contributed by atoms with E-state index in [0.717, 1.165) is 5.39 Å². The minimum atomic E-state index is -0.529. The molecule has 0 atom stereocenters. The van der Waals surface area contributed by atoms with Crippen LogP contribution in [0.3, 0.4) is 0 Å². The van der Waals surface area contributed by atoms with Gasteiger partial charge in [0.2, 0.25) is 0 Å². The Morgan fingerprint density at radius 2 is 1.93 bits per heavy atom. The fourth-order valence-electron chi connectivity index (χ4n) is 2.37. The van der Waals surface area contributed by atoms with Gasteiger partial charge in [-0.3, -0.25) is 14.4 Å². The van der Waals surface area contributed by atoms with Crippen LogP contribution in [0.4, 0.5) is 0 Å². The number of hydrogen-bond acceptors (Lipinski definition) is 4. The third kappa shape index (κ3) is 4.80. The lowest BCUT2D eigenvalue weighted by molar-refractivity contribution is -0.120. The Balaban J connectivity index is 1.57. The SMILES string of the molecule is O=C(CNC(=O)c1cccc(Cl)c1)N/N=C/c1cc2ccccc2[nH]c1=O. The van der Waals surface area contributed by atoms with Gasteiger partial charge in [0.25, 0.3) is 17.4 Å². The molecule has 0 aliphatic carbocycles. The number of hydrogen-bond donors (Lipinski definition) is 3. The van der Waals surface area contributed by atoms with Crippen molar-refractivity contribution in [3.8, 4) is 0 Å². The largest absolute Gasteiger partial charge is 0.343 e. The maximum Gasteiger partial charge on any atom is 0.259 e. The highest BCUT2D eigenvalue weighted by atomic mass is 35.5. The maximum atomic E-state index is 12.0. The summed E-state index contributed by atoms with van der Waals surface area (Å²) in [5.41, 5.74) is 3.31. The summed E-state index contributed by atoms with van der Waals surface area (Å²) in [6.45, 7) is -0.267. The number of hydrazone groups is 1. The molecule has 2 aromatic carbocycles. The van der Waals surface area contributed by atoms with Gasteiger partial charge in [-0.1, -0.05) is 35.9 Å². The number of para-hydroxylation sites is 1. The highest BCUT2D eigenvalue weighted by molar-refractivity contribution is 6.31. The van der Waals surface area contributed by atoms with Gasteiger partial charge in [-0.15, -0.1) is 0 Å². The molecule has 1 heterocycles. The molecular weight excluding hydrogens is 368 g/mol. The molecule has 3 aromatic rings. The fourth-order valence-corrected chi connectivity index (χ4v) is 2.56. The zero-order valence-corrected chi connectivity index (χ0v) is 14.8. The first kappa shape index (κ1) is 18.3. The van der Waals surface area contributed by atoms with E-state index in [1.54, 1.807) is 30.3 Å². The number of amides is 2. The van der Waals surface area contributed by atoms with E-state index in [9.17, 15) is 14.4 Å². The van der Waals surface area contributed by atoms with Crippen molar-refractivity contribution in [2.75, 3.05) is 6.54 Å². The van der Waals surface area contributed by atoms with E-state index >= 15 is 0 Å². The lowest BCUT2D eigenvalue weighted by atomic mass is 10.2. The molecule has 0 saturated carbocycles. The van der Waals surface area contributed by atoms with Crippen LogP contribution in [0.25, 0.3) is 10.9 Å². The lowest BCUT2D eigenvalue weighted by Crippen LogP contribution is -2.35. The molecular formula is C19H15ClN4O3. The predicted molar refractivity (Wildman–Crippen MR) is 104 cm³/mol. The van der Waals surface area contributed by atoms with Crippen molar-refractivity contribution in [2.45, 2.75) is 0 Å². The number of rotatable bonds is 5. The molecule has 136 valence electrons. The summed E-state index contributed by atoms with van der Waals surface area (Å²) < 4.78 is 0. The molecule has 2 amide bonds. The number of benzene rings is 2. The highest BCUT2D eigenvalue weighted by Crippen LogP contribution is 2.10. The van der Waals surface area contributed by atoms with Crippen LogP contribution >= 0.6 is 11.6 Å². The summed E-state index contributed by atoms with van der Waals surface area (Å²) in [6.07, 6.45) is 1.25. The van der Waals surface area contributed by atoms with Gasteiger partial charge in [-0.25, -0.2) is 5.43 Å². The van der Waals surface area contributed by atoms with Crippen molar-refractivity contribution >= 4 is 40.5 Å². The fraction of sp³-hybridized carbons (Fsp3) is 0.0526. The van der Waals surface area contributed by atoms with Crippen LogP contribution in [0.15, 0.2) is 64.5 Å². The van der Waals surface area contributed by atoms with Gasteiger partial charge in [0.1, 0.15) is 0 Å². The third-order valence-corrected chi connectivity index (χ3v) is 3.91. The Bertz CT molecular complexity index is 1090. The molecule has 7 nitrogen and oxygen atoms in total. The average molecular weight is 383 g/mol. The van der Waals surface area contributed by atoms with E-state index in [0.29, 0.717) is 21.7 Å². The Morgan fingerprint density at radius 1 is 1.11 bits per heavy atom. The number of carbonyl (C=O) groups excluding carboxylic acids is 2. The van der Waals surface area contributed by atoms with E-state index in [4.69, 9.17) is 11.6 Å². The van der Waals surface area contributed by atoms with Crippen LogP contribution in [0.5, 0.6) is 0 Å². The topological polar surface area (TPSA) is 103 Å². The van der Waals surface area contributed by atoms with E-state index in [1.165, 1.54) is 12.3 Å². The van der Waals surface area contributed by atoms with Crippen LogP contribution < -0.4 is 16.3 Å². The van der Waals surface area contributed by atoms with Gasteiger partial charge in [0.15, 0.2) is 0 Å². The molecule has 3 rings (SSSR count). The van der Waals surface area contributed by atoms with Gasteiger partial charge < -0.3 is 10.3 Å². The number of aromatic nitrogens is 1. The molecule has 3 N–H and O–H groups in total. The minimum absolute atomic E-state index is 0.267. The summed E-state index contributed by atoms with van der Waals surface area (Å²) in [4.78, 5) is 38.4. The van der Waals surface area contributed by atoms with E-state index < -0.39 is 11.8 Å². The van der Waals surface area contributed by atoms with Crippen LogP contribution in [-0.4, -0.2) is 29.6 Å². The lowest BCUT2D eigenvalue weighted by Gasteiger charge is -2.04. The van der Waals surface area contributed by atoms with E-state index in [2.05, 4.69) is 20.8 Å². The van der Waals surface area contributed by atoms with Crippen LogP contribution in [0, 0.1) is 0 Å². The molecule has 0 spiro atoms. The zero-order valence-electron chi connectivity index (χ0n) is 14.0. The molecule has 0 unspecified atom stereocenters. The van der Waals surface area contributed by atoms with Gasteiger partial charge in [-0.05, 0) is 35.7 Å². The highest BCUT2D eigenvalue weighted by Gasteiger charge is 2.08. The van der Waals surface area contributed by atoms with Crippen LogP contribution in [0.1, 0.15) is 15.9 Å². The quantitative estimate of drug-likeness (QED) is 0.464. The number of H-pyrrole nitrogens is 1. The molecule has 8 heteroatoms. The molecule has 0 bridgehead atoms. The van der Waals surface area contributed by atoms with Crippen LogP contribution in [-0.2, 0) is 4.79 Å². The van der Waals surface area contributed by atoms with Crippen LogP contribution in [0.2, 0.25) is 5.02 Å². The number of carbonyl (C=O) groups is 2. The first-order valence-corrected chi connectivity index (χ1v) is 8.38. The Labute approximate surface area is 159 Å². The van der Waals surface area contributed by atoms with Crippen molar-refractivity contribution in [3.63, 3.8) is 0 Å². The summed E-state index contributed by atoms with van der Waals surface area (Å²) in [5.74, 6) is -0.957. The number of aromatic amines is 1. The van der Waals surface area contributed by atoms with Crippen molar-refractivity contribution in [2.24, 2.45) is 5.10 Å². The number of fused-ring (bicyclic) bond motifs is 1. The Hall–Kier alpha value is -3.45. The second-order valence-corrected chi connectivity index (χ2v) is 6.06. The average Bonchev–Trinajstić information content (AvgIpc) is 2.66. The number of halogens is 1. The molecule has 0 aliphatic heterocycles. The summed E-state index contributed by atoms with van der Waals surface area (Å²) in [6, 6.07) is 15.4. The number of nitrogens with one attached hydrogen (secondary N) is 3. The number of pyridine rings is 1. The first-order chi connectivity index (χ1) is 13.0. The van der Waals surface area contributed by atoms with Gasteiger partial charge in [0.05, 0.1) is 18.3 Å². The number of nitrogens with zero attached hydrogens (tertiary/aromatic N) is 1. The molecule has 27 heavy (non-hydrogen) atoms. The second kappa shape index (κ2) is 8.29. The zero-order chi connectivity index (χ0) is 19.2. The van der Waals surface area contributed by atoms with Crippen molar-refractivity contribution in [1.82, 2.24) is 15.7 Å². The standard InChI is InChI=1S/C19H15ClN4O3/c20-15-6-3-5-13(9-15)18(26)21-11-17(25)24-22-10-14-8-12-4-1-2-7-16(12)23-19(14)27/h1-10H,11H2,(H,21,26)(H,23,27)(H,24,25)/b22-10+. The molecule has 0 fully saturated rings. The van der Waals surface area contributed by atoms with Gasteiger partial charge in [0, 0.05) is 16.1 Å². The summed E-state index contributed by atoms with van der Waals surface area (Å²) >= 11 is 5.82. The summed E-state index contributed by atoms with van der Waals surface area (Å²) in [5, 5.41) is 7.49. The van der Waals surface area contributed by atoms with E-state index in [1.807, 2.05) is 18.2 Å². The molecule has 0 aliphatic rings. The monoisotopic (exact) mass is 382 g/mol. The second-order valence-electron chi connectivity index (χ2n) is 5.63.